The van der Waals surface area contributed by atoms with Crippen LogP contribution in [0, 0.1) is 0 Å². The number of nitrogens with zero attached hydrogens (tertiary/aromatic N) is 5. The van der Waals surface area contributed by atoms with Crippen LogP contribution in [-0.4, -0.2) is 72.4 Å². The Morgan fingerprint density at radius 1 is 0.976 bits per heavy atom. The van der Waals surface area contributed by atoms with Crippen molar-refractivity contribution in [2.75, 3.05) is 49.6 Å². The van der Waals surface area contributed by atoms with Crippen LogP contribution in [-0.2, 0) is 21.5 Å². The summed E-state index contributed by atoms with van der Waals surface area (Å²) in [5.41, 5.74) is 2.29. The number of fused-ring (bicyclic) bond motifs is 2. The summed E-state index contributed by atoms with van der Waals surface area (Å²) in [6, 6.07) is 14.9. The molecule has 3 aliphatic heterocycles. The van der Waals surface area contributed by atoms with Gasteiger partial charge in [0.15, 0.2) is 5.58 Å². The Bertz CT molecular complexity index is 1680. The largest absolute Gasteiger partial charge is 0.497 e. The second-order valence-electron chi connectivity index (χ2n) is 10.7. The highest BCUT2D eigenvalue weighted by atomic mass is 16.5. The van der Waals surface area contributed by atoms with Crippen LogP contribution in [0.25, 0.3) is 11.1 Å². The minimum absolute atomic E-state index is 0.00401. The Morgan fingerprint density at radius 2 is 1.76 bits per heavy atom. The van der Waals surface area contributed by atoms with E-state index in [1.165, 1.54) is 0 Å². The van der Waals surface area contributed by atoms with E-state index in [0.717, 1.165) is 43.2 Å². The molecular formula is C30H28N6O5. The highest BCUT2D eigenvalue weighted by Gasteiger charge is 2.53. The van der Waals surface area contributed by atoms with Crippen LogP contribution >= 0.6 is 0 Å². The fourth-order valence-electron chi connectivity index (χ4n) is 6.04. The van der Waals surface area contributed by atoms with Gasteiger partial charge in [0.2, 0.25) is 11.8 Å². The number of rotatable bonds is 6. The maximum absolute atomic E-state index is 13.3. The summed E-state index contributed by atoms with van der Waals surface area (Å²) in [7, 11) is 1.55. The van der Waals surface area contributed by atoms with Gasteiger partial charge in [-0.15, -0.1) is 0 Å². The van der Waals surface area contributed by atoms with Crippen LogP contribution in [0.1, 0.15) is 28.1 Å². The normalized spacial score (nSPS) is 20.6. The van der Waals surface area contributed by atoms with Gasteiger partial charge in [0, 0.05) is 69.0 Å². The van der Waals surface area contributed by atoms with Crippen molar-refractivity contribution in [2.24, 2.45) is 0 Å². The molecule has 2 fully saturated rings. The highest BCUT2D eigenvalue weighted by molar-refractivity contribution is 6.10. The Balaban J connectivity index is 1.15. The molecule has 11 nitrogen and oxygen atoms in total. The summed E-state index contributed by atoms with van der Waals surface area (Å²) in [6.07, 6.45) is 3.49. The summed E-state index contributed by atoms with van der Waals surface area (Å²) < 4.78 is 11.5. The number of piperazine rings is 1. The van der Waals surface area contributed by atoms with Crippen LogP contribution in [0.5, 0.6) is 5.75 Å². The second-order valence-corrected chi connectivity index (χ2v) is 10.7. The van der Waals surface area contributed by atoms with E-state index < -0.39 is 17.2 Å². The molecule has 0 unspecified atom stereocenters. The lowest BCUT2D eigenvalue weighted by Crippen LogP contribution is -2.46. The average molecular weight is 553 g/mol. The van der Waals surface area contributed by atoms with Crippen LogP contribution in [0.3, 0.4) is 0 Å². The number of nitrogens with one attached hydrogen (secondary N) is 1. The van der Waals surface area contributed by atoms with Crippen molar-refractivity contribution in [1.82, 2.24) is 20.2 Å². The molecule has 0 spiro atoms. The highest BCUT2D eigenvalue weighted by Crippen LogP contribution is 2.39. The molecule has 0 aliphatic carbocycles. The number of carbonyl (C=O) groups is 3. The first kappa shape index (κ1) is 25.1. The molecule has 6 heterocycles. The molecule has 0 bridgehead atoms. The summed E-state index contributed by atoms with van der Waals surface area (Å²) in [5, 5.41) is 2.43. The van der Waals surface area contributed by atoms with Crippen molar-refractivity contribution in [3.05, 3.63) is 77.8 Å². The van der Waals surface area contributed by atoms with Gasteiger partial charge >= 0.3 is 0 Å². The van der Waals surface area contributed by atoms with E-state index in [1.54, 1.807) is 42.6 Å². The lowest BCUT2D eigenvalue weighted by molar-refractivity contribution is -0.127. The van der Waals surface area contributed by atoms with Crippen LogP contribution in [0.4, 0.5) is 11.5 Å². The van der Waals surface area contributed by atoms with E-state index in [2.05, 4.69) is 20.1 Å². The Labute approximate surface area is 235 Å². The zero-order valence-corrected chi connectivity index (χ0v) is 22.5. The van der Waals surface area contributed by atoms with E-state index in [0.29, 0.717) is 34.7 Å². The third kappa shape index (κ3) is 4.24. The first-order valence-electron chi connectivity index (χ1n) is 13.5. The number of aromatic nitrogens is 2. The van der Waals surface area contributed by atoms with Crippen LogP contribution < -0.4 is 19.9 Å². The molecular weight excluding hydrogens is 524 g/mol. The number of hydrogen-bond donors (Lipinski definition) is 1. The molecule has 0 saturated carbocycles. The smallest absolute Gasteiger partial charge is 0.254 e. The molecule has 1 N–H and O–H groups in total. The topological polar surface area (TPSA) is 121 Å². The van der Waals surface area contributed by atoms with Gasteiger partial charge in [-0.2, -0.15) is 0 Å². The predicted molar refractivity (Wildman–Crippen MR) is 150 cm³/mol. The zero-order valence-electron chi connectivity index (χ0n) is 22.5. The summed E-state index contributed by atoms with van der Waals surface area (Å²) in [4.78, 5) is 54.2. The maximum Gasteiger partial charge on any atom is 0.254 e. The fourth-order valence-corrected chi connectivity index (χ4v) is 6.04. The molecule has 3 aliphatic rings. The van der Waals surface area contributed by atoms with E-state index in [4.69, 9.17) is 14.1 Å². The number of ether oxygens (including phenoxy) is 1. The SMILES string of the molecule is COc1ccc2c(c1)C(=O)N(C[C@@]1(c3cc4nc(N5CCN(c6ccncc6)CC5)ccc4o3)CC(=O)NC1=O)C2. The molecule has 7 rings (SSSR count). The molecule has 41 heavy (non-hydrogen) atoms. The number of carbonyl (C=O) groups excluding carboxylic acids is 3. The van der Waals surface area contributed by atoms with E-state index in [9.17, 15) is 14.4 Å². The van der Waals surface area contributed by atoms with Crippen LogP contribution in [0.2, 0.25) is 0 Å². The predicted octanol–water partition coefficient (Wildman–Crippen LogP) is 2.50. The molecule has 1 atom stereocenters. The number of amides is 3. The monoisotopic (exact) mass is 552 g/mol. The molecule has 2 saturated heterocycles. The van der Waals surface area contributed by atoms with Gasteiger partial charge in [-0.25, -0.2) is 4.98 Å². The van der Waals surface area contributed by atoms with Crippen molar-refractivity contribution in [2.45, 2.75) is 18.4 Å². The van der Waals surface area contributed by atoms with Gasteiger partial charge in [0.05, 0.1) is 13.5 Å². The van der Waals surface area contributed by atoms with Crippen molar-refractivity contribution in [3.8, 4) is 5.75 Å². The number of furan rings is 1. The van der Waals surface area contributed by atoms with Gasteiger partial charge in [-0.05, 0) is 42.0 Å². The summed E-state index contributed by atoms with van der Waals surface area (Å²) >= 11 is 0. The van der Waals surface area contributed by atoms with Crippen molar-refractivity contribution < 1.29 is 23.5 Å². The maximum atomic E-state index is 13.3. The Morgan fingerprint density at radius 3 is 2.49 bits per heavy atom. The van der Waals surface area contributed by atoms with E-state index in [-0.39, 0.29) is 18.9 Å². The number of hydrogen-bond acceptors (Lipinski definition) is 9. The number of anilines is 2. The number of methoxy groups -OCH3 is 1. The van der Waals surface area contributed by atoms with Crippen molar-refractivity contribution >= 4 is 40.3 Å². The fraction of sp³-hybridized carbons (Fsp3) is 0.300. The second kappa shape index (κ2) is 9.61. The van der Waals surface area contributed by atoms with Crippen molar-refractivity contribution in [3.63, 3.8) is 0 Å². The van der Waals surface area contributed by atoms with E-state index >= 15 is 0 Å². The third-order valence-electron chi connectivity index (χ3n) is 8.27. The van der Waals surface area contributed by atoms with Gasteiger partial charge in [0.1, 0.15) is 28.3 Å². The molecule has 11 heteroatoms. The van der Waals surface area contributed by atoms with E-state index in [1.807, 2.05) is 30.3 Å². The average Bonchev–Trinajstić information content (AvgIpc) is 3.66. The molecule has 208 valence electrons. The van der Waals surface area contributed by atoms with Gasteiger partial charge in [-0.1, -0.05) is 6.07 Å². The molecule has 0 radical (unpaired) electrons. The first-order chi connectivity index (χ1) is 19.9. The lowest BCUT2D eigenvalue weighted by Gasteiger charge is -2.36. The van der Waals surface area contributed by atoms with Gasteiger partial charge < -0.3 is 23.9 Å². The van der Waals surface area contributed by atoms with Crippen molar-refractivity contribution in [1.29, 1.82) is 0 Å². The first-order valence-corrected chi connectivity index (χ1v) is 13.5. The summed E-state index contributed by atoms with van der Waals surface area (Å²) in [6.45, 7) is 3.64. The van der Waals surface area contributed by atoms with Gasteiger partial charge in [0.25, 0.3) is 5.91 Å². The molecule has 1 aromatic carbocycles. The Kier molecular flexibility index (Phi) is 5.88. The molecule has 4 aromatic rings. The van der Waals surface area contributed by atoms with Gasteiger partial charge in [-0.3, -0.25) is 24.7 Å². The van der Waals surface area contributed by atoms with Crippen LogP contribution in [0.15, 0.2) is 65.3 Å². The molecule has 3 aromatic heterocycles. The lowest BCUT2D eigenvalue weighted by atomic mass is 9.82. The minimum atomic E-state index is -1.35. The summed E-state index contributed by atoms with van der Waals surface area (Å²) in [5.74, 6) is 0.634. The minimum Gasteiger partial charge on any atom is -0.497 e. The molecule has 3 amide bonds. The third-order valence-corrected chi connectivity index (χ3v) is 8.27. The Hall–Kier alpha value is -4.93. The number of imide groups is 1. The standard InChI is InChI=1S/C30H28N6O5/c1-40-21-3-2-19-17-36(28(38)22(19)14-21)18-30(16-27(37)33-29(30)39)25-15-23-24(41-25)4-5-26(32-23)35-12-10-34(11-13-35)20-6-8-31-9-7-20/h2-9,14-15H,10-13,16-18H2,1H3,(H,33,37,39)/t30-/m1/s1. The number of benzene rings is 1. The quantitative estimate of drug-likeness (QED) is 0.360. The zero-order chi connectivity index (χ0) is 28.1. The number of pyridine rings is 2.